The lowest BCUT2D eigenvalue weighted by atomic mass is 10.3. The van der Waals surface area contributed by atoms with Crippen molar-refractivity contribution in [3.63, 3.8) is 0 Å². The summed E-state index contributed by atoms with van der Waals surface area (Å²) in [6.45, 7) is 0. The average Bonchev–Trinajstić information content (AvgIpc) is 2.57. The van der Waals surface area contributed by atoms with Gasteiger partial charge in [-0.1, -0.05) is 31.6 Å². The Bertz CT molecular complexity index is 389. The Morgan fingerprint density at radius 3 is 3.00 bits per heavy atom. The smallest absolute Gasteiger partial charge is 0.229 e. The van der Waals surface area contributed by atoms with Gasteiger partial charge in [-0.15, -0.1) is 0 Å². The van der Waals surface area contributed by atoms with Crippen LogP contribution in [-0.4, -0.2) is 14.8 Å². The fraction of sp³-hybridized carbons (Fsp3) is 0. The van der Waals surface area contributed by atoms with E-state index in [1.807, 2.05) is 24.3 Å². The molecular weight excluding hydrogens is 252 g/mol. The van der Waals surface area contributed by atoms with Crippen LogP contribution in [0.1, 0.15) is 0 Å². The average molecular weight is 257 g/mol. The maximum absolute atomic E-state index is 3.77. The summed E-state index contributed by atoms with van der Waals surface area (Å²) in [4.78, 5) is 0. The molecule has 1 aromatic heterocycles. The summed E-state index contributed by atoms with van der Waals surface area (Å²) in [6.07, 6.45) is 0. The molecule has 0 aliphatic heterocycles. The van der Waals surface area contributed by atoms with Crippen LogP contribution in [0.5, 0.6) is 0 Å². The standard InChI is InChI=1S/C7H5BrN4S/c8-5-2-1-3-6(4-5)9-7-10-11-12-13-7/h1-4H,(H,9,10,12). The third-order valence-electron chi connectivity index (χ3n) is 1.38. The van der Waals surface area contributed by atoms with Crippen LogP contribution in [0.2, 0.25) is 0 Å². The zero-order valence-corrected chi connectivity index (χ0v) is 8.84. The van der Waals surface area contributed by atoms with Crippen LogP contribution in [0.4, 0.5) is 10.8 Å². The van der Waals surface area contributed by atoms with Crippen LogP contribution < -0.4 is 5.32 Å². The number of aromatic nitrogens is 3. The fourth-order valence-electron chi connectivity index (χ4n) is 0.872. The molecule has 0 atom stereocenters. The Kier molecular flexibility index (Phi) is 2.51. The molecule has 1 heterocycles. The summed E-state index contributed by atoms with van der Waals surface area (Å²) in [5.74, 6) is 0. The molecule has 1 aromatic carbocycles. The molecule has 0 saturated heterocycles. The zero-order chi connectivity index (χ0) is 9.10. The summed E-state index contributed by atoms with van der Waals surface area (Å²) in [6, 6.07) is 7.82. The Morgan fingerprint density at radius 1 is 1.38 bits per heavy atom. The minimum Gasteiger partial charge on any atom is -0.329 e. The molecule has 6 heteroatoms. The molecule has 0 aliphatic rings. The van der Waals surface area contributed by atoms with Crippen molar-refractivity contribution in [2.45, 2.75) is 0 Å². The van der Waals surface area contributed by atoms with E-state index in [9.17, 15) is 0 Å². The molecule has 0 amide bonds. The van der Waals surface area contributed by atoms with Gasteiger partial charge < -0.3 is 5.32 Å². The number of hydrogen-bond donors (Lipinski definition) is 1. The number of halogens is 1. The number of nitrogens with zero attached hydrogens (tertiary/aromatic N) is 3. The molecule has 66 valence electrons. The highest BCUT2D eigenvalue weighted by atomic mass is 79.9. The number of anilines is 2. The summed E-state index contributed by atoms with van der Waals surface area (Å²) in [5.41, 5.74) is 0.966. The number of nitrogens with one attached hydrogen (secondary N) is 1. The zero-order valence-electron chi connectivity index (χ0n) is 6.44. The quantitative estimate of drug-likeness (QED) is 0.897. The second kappa shape index (κ2) is 3.80. The molecule has 0 radical (unpaired) electrons. The molecule has 13 heavy (non-hydrogen) atoms. The maximum atomic E-state index is 3.77. The molecule has 0 unspecified atom stereocenters. The first-order valence-corrected chi connectivity index (χ1v) is 5.09. The van der Waals surface area contributed by atoms with Crippen molar-refractivity contribution in [1.29, 1.82) is 0 Å². The highest BCUT2D eigenvalue weighted by Crippen LogP contribution is 2.19. The Hall–Kier alpha value is -1.01. The Labute approximate surface area is 87.3 Å². The predicted molar refractivity (Wildman–Crippen MR) is 55.1 cm³/mol. The van der Waals surface area contributed by atoms with Crippen molar-refractivity contribution in [2.24, 2.45) is 0 Å². The molecule has 0 spiro atoms. The fourth-order valence-corrected chi connectivity index (χ4v) is 1.66. The third kappa shape index (κ3) is 2.22. The molecular formula is C7H5BrN4S. The van der Waals surface area contributed by atoms with E-state index >= 15 is 0 Å². The van der Waals surface area contributed by atoms with Gasteiger partial charge in [-0.3, -0.25) is 0 Å². The van der Waals surface area contributed by atoms with E-state index in [1.165, 1.54) is 11.5 Å². The first kappa shape index (κ1) is 8.58. The van der Waals surface area contributed by atoms with Crippen molar-refractivity contribution in [1.82, 2.24) is 14.8 Å². The van der Waals surface area contributed by atoms with E-state index in [1.54, 1.807) is 0 Å². The largest absolute Gasteiger partial charge is 0.329 e. The summed E-state index contributed by atoms with van der Waals surface area (Å²) in [7, 11) is 0. The second-order valence-corrected chi connectivity index (χ2v) is 3.95. The van der Waals surface area contributed by atoms with Crippen LogP contribution in [-0.2, 0) is 0 Å². The van der Waals surface area contributed by atoms with Crippen molar-refractivity contribution in [2.75, 3.05) is 5.32 Å². The van der Waals surface area contributed by atoms with Gasteiger partial charge in [-0.05, 0) is 23.4 Å². The molecule has 1 N–H and O–H groups in total. The minimum absolute atomic E-state index is 0.693. The molecule has 0 fully saturated rings. The van der Waals surface area contributed by atoms with E-state index in [4.69, 9.17) is 0 Å². The van der Waals surface area contributed by atoms with Gasteiger partial charge in [0.25, 0.3) is 0 Å². The highest BCUT2D eigenvalue weighted by molar-refractivity contribution is 9.10. The SMILES string of the molecule is Brc1cccc(Nc2nnns2)c1. The van der Waals surface area contributed by atoms with Crippen molar-refractivity contribution < 1.29 is 0 Å². The van der Waals surface area contributed by atoms with Crippen molar-refractivity contribution >= 4 is 38.3 Å². The first-order chi connectivity index (χ1) is 6.34. The molecule has 0 bridgehead atoms. The van der Waals surface area contributed by atoms with Gasteiger partial charge in [0.15, 0.2) is 0 Å². The third-order valence-corrected chi connectivity index (χ3v) is 2.38. The van der Waals surface area contributed by atoms with Gasteiger partial charge in [-0.25, -0.2) is 0 Å². The molecule has 0 saturated carbocycles. The van der Waals surface area contributed by atoms with Gasteiger partial charge in [-0.2, -0.15) is 0 Å². The van der Waals surface area contributed by atoms with Gasteiger partial charge in [0, 0.05) is 21.7 Å². The summed E-state index contributed by atoms with van der Waals surface area (Å²) in [5, 5.41) is 11.0. The maximum Gasteiger partial charge on any atom is 0.229 e. The van der Waals surface area contributed by atoms with E-state index in [-0.39, 0.29) is 0 Å². The highest BCUT2D eigenvalue weighted by Gasteiger charge is 1.98. The lowest BCUT2D eigenvalue weighted by molar-refractivity contribution is 0.961. The van der Waals surface area contributed by atoms with Gasteiger partial charge in [0.05, 0.1) is 0 Å². The summed E-state index contributed by atoms with van der Waals surface area (Å²) < 4.78 is 4.67. The van der Waals surface area contributed by atoms with Crippen LogP contribution in [0.3, 0.4) is 0 Å². The molecule has 2 aromatic rings. The minimum atomic E-state index is 0.693. The van der Waals surface area contributed by atoms with Gasteiger partial charge in [0.1, 0.15) is 0 Å². The van der Waals surface area contributed by atoms with E-state index < -0.39 is 0 Å². The van der Waals surface area contributed by atoms with E-state index in [2.05, 4.69) is 36.0 Å². The van der Waals surface area contributed by atoms with Crippen LogP contribution in [0.25, 0.3) is 0 Å². The normalized spacial score (nSPS) is 9.92. The molecule has 4 nitrogen and oxygen atoms in total. The number of benzene rings is 1. The monoisotopic (exact) mass is 256 g/mol. The van der Waals surface area contributed by atoms with Gasteiger partial charge in [0.2, 0.25) is 5.13 Å². The summed E-state index contributed by atoms with van der Waals surface area (Å²) >= 11 is 4.60. The Morgan fingerprint density at radius 2 is 2.31 bits per heavy atom. The van der Waals surface area contributed by atoms with Gasteiger partial charge >= 0.3 is 0 Å². The van der Waals surface area contributed by atoms with E-state index in [0.29, 0.717) is 5.13 Å². The molecule has 2 rings (SSSR count). The lowest BCUT2D eigenvalue weighted by Crippen LogP contribution is -1.88. The van der Waals surface area contributed by atoms with Crippen LogP contribution in [0, 0.1) is 0 Å². The second-order valence-electron chi connectivity index (χ2n) is 2.30. The molecule has 0 aliphatic carbocycles. The number of hydrogen-bond acceptors (Lipinski definition) is 5. The first-order valence-electron chi connectivity index (χ1n) is 3.52. The van der Waals surface area contributed by atoms with Crippen molar-refractivity contribution in [3.05, 3.63) is 28.7 Å². The Balaban J connectivity index is 2.19. The van der Waals surface area contributed by atoms with Crippen LogP contribution >= 0.6 is 27.5 Å². The lowest BCUT2D eigenvalue weighted by Gasteiger charge is -2.00. The van der Waals surface area contributed by atoms with E-state index in [0.717, 1.165) is 10.2 Å². The van der Waals surface area contributed by atoms with Crippen LogP contribution in [0.15, 0.2) is 28.7 Å². The van der Waals surface area contributed by atoms with Crippen molar-refractivity contribution in [3.8, 4) is 0 Å². The topological polar surface area (TPSA) is 50.7 Å². The predicted octanol–water partition coefficient (Wildman–Crippen LogP) is 2.44. The number of rotatable bonds is 2.